The van der Waals surface area contributed by atoms with Crippen molar-refractivity contribution in [2.24, 2.45) is 0 Å². The van der Waals surface area contributed by atoms with Gasteiger partial charge in [-0.05, 0) is 51.4 Å². The van der Waals surface area contributed by atoms with E-state index < -0.39 is 5.97 Å². The minimum atomic E-state index is -0.686. The SMILES string of the molecule is CCCCC/C=C/CCC/C=C/C=C/CCCCCC(=O)O. The van der Waals surface area contributed by atoms with Gasteiger partial charge in [-0.1, -0.05) is 62.6 Å². The van der Waals surface area contributed by atoms with Crippen molar-refractivity contribution in [1.29, 1.82) is 0 Å². The maximum absolute atomic E-state index is 10.3. The molecule has 0 radical (unpaired) electrons. The molecule has 0 amide bonds. The Morgan fingerprint density at radius 1 is 0.727 bits per heavy atom. The molecule has 0 aliphatic heterocycles. The van der Waals surface area contributed by atoms with Crippen molar-refractivity contribution in [3.8, 4) is 0 Å². The fourth-order valence-corrected chi connectivity index (χ4v) is 2.17. The molecule has 0 heterocycles. The van der Waals surface area contributed by atoms with Crippen LogP contribution in [-0.2, 0) is 4.79 Å². The van der Waals surface area contributed by atoms with Crippen molar-refractivity contribution < 1.29 is 9.90 Å². The van der Waals surface area contributed by atoms with E-state index in [9.17, 15) is 4.79 Å². The average molecular weight is 306 g/mol. The Morgan fingerprint density at radius 2 is 1.27 bits per heavy atom. The quantitative estimate of drug-likeness (QED) is 0.215. The summed E-state index contributed by atoms with van der Waals surface area (Å²) >= 11 is 0. The molecule has 1 N–H and O–H groups in total. The highest BCUT2D eigenvalue weighted by Gasteiger charge is 1.94. The molecule has 0 aliphatic carbocycles. The van der Waals surface area contributed by atoms with Crippen LogP contribution in [-0.4, -0.2) is 11.1 Å². The van der Waals surface area contributed by atoms with E-state index in [1.165, 1.54) is 38.5 Å². The van der Waals surface area contributed by atoms with Gasteiger partial charge in [0.05, 0.1) is 0 Å². The van der Waals surface area contributed by atoms with Crippen molar-refractivity contribution >= 4 is 5.97 Å². The van der Waals surface area contributed by atoms with E-state index in [1.807, 2.05) is 0 Å². The molecule has 0 aromatic rings. The predicted molar refractivity (Wildman–Crippen MR) is 96.1 cm³/mol. The van der Waals surface area contributed by atoms with Crippen LogP contribution >= 0.6 is 0 Å². The number of rotatable bonds is 15. The number of carboxylic acids is 1. The molecule has 0 aromatic heterocycles. The standard InChI is InChI=1S/C20H34O2/c1-2-3-4-5-6-7-8-9-10-11-12-13-14-15-16-17-18-19-20(21)22/h6-7,11-14H,2-5,8-10,15-19H2,1H3,(H,21,22)/b7-6+,12-11+,14-13+. The normalized spacial score (nSPS) is 12.0. The van der Waals surface area contributed by atoms with E-state index in [0.29, 0.717) is 6.42 Å². The first-order valence-electron chi connectivity index (χ1n) is 8.95. The molecule has 0 rings (SSSR count). The summed E-state index contributed by atoms with van der Waals surface area (Å²) < 4.78 is 0. The molecule has 0 spiro atoms. The lowest BCUT2D eigenvalue weighted by Gasteiger charge is -1.94. The van der Waals surface area contributed by atoms with Crippen LogP contribution in [0, 0.1) is 0 Å². The lowest BCUT2D eigenvalue weighted by molar-refractivity contribution is -0.137. The topological polar surface area (TPSA) is 37.3 Å². The van der Waals surface area contributed by atoms with Gasteiger partial charge in [0, 0.05) is 6.42 Å². The second kappa shape index (κ2) is 17.7. The van der Waals surface area contributed by atoms with Crippen LogP contribution in [0.1, 0.15) is 84.0 Å². The Balaban J connectivity index is 3.29. The molecule has 0 aromatic carbocycles. The number of unbranched alkanes of at least 4 members (excludes halogenated alkanes) is 8. The fourth-order valence-electron chi connectivity index (χ4n) is 2.17. The molecular formula is C20H34O2. The molecule has 0 aliphatic rings. The smallest absolute Gasteiger partial charge is 0.303 e. The summed E-state index contributed by atoms with van der Waals surface area (Å²) in [4.78, 5) is 10.3. The summed E-state index contributed by atoms with van der Waals surface area (Å²) in [7, 11) is 0. The monoisotopic (exact) mass is 306 g/mol. The van der Waals surface area contributed by atoms with E-state index in [1.54, 1.807) is 0 Å². The summed E-state index contributed by atoms with van der Waals surface area (Å²) in [5.41, 5.74) is 0. The highest BCUT2D eigenvalue weighted by molar-refractivity contribution is 5.66. The van der Waals surface area contributed by atoms with Crippen molar-refractivity contribution in [1.82, 2.24) is 0 Å². The van der Waals surface area contributed by atoms with Gasteiger partial charge < -0.3 is 5.11 Å². The van der Waals surface area contributed by atoms with E-state index in [0.717, 1.165) is 32.1 Å². The van der Waals surface area contributed by atoms with Crippen molar-refractivity contribution in [3.05, 3.63) is 36.5 Å². The number of aliphatic carboxylic acids is 1. The van der Waals surface area contributed by atoms with Crippen LogP contribution in [0.4, 0.5) is 0 Å². The molecule has 22 heavy (non-hydrogen) atoms. The van der Waals surface area contributed by atoms with Gasteiger partial charge in [-0.2, -0.15) is 0 Å². The Bertz CT molecular complexity index is 327. The van der Waals surface area contributed by atoms with Gasteiger partial charge in [-0.15, -0.1) is 0 Å². The van der Waals surface area contributed by atoms with E-state index in [-0.39, 0.29) is 0 Å². The lowest BCUT2D eigenvalue weighted by Crippen LogP contribution is -1.93. The van der Waals surface area contributed by atoms with Crippen LogP contribution in [0.2, 0.25) is 0 Å². The van der Waals surface area contributed by atoms with Gasteiger partial charge in [0.15, 0.2) is 0 Å². The van der Waals surface area contributed by atoms with Gasteiger partial charge >= 0.3 is 5.97 Å². The molecule has 0 atom stereocenters. The van der Waals surface area contributed by atoms with Gasteiger partial charge in [0.1, 0.15) is 0 Å². The van der Waals surface area contributed by atoms with Crippen LogP contribution in [0.15, 0.2) is 36.5 Å². The number of hydrogen-bond acceptors (Lipinski definition) is 1. The molecule has 0 unspecified atom stereocenters. The third-order valence-electron chi connectivity index (χ3n) is 3.53. The largest absolute Gasteiger partial charge is 0.481 e. The Kier molecular flexibility index (Phi) is 16.7. The molecule has 0 saturated carbocycles. The summed E-state index contributed by atoms with van der Waals surface area (Å²) in [6, 6.07) is 0. The van der Waals surface area contributed by atoms with Gasteiger partial charge in [0.2, 0.25) is 0 Å². The maximum Gasteiger partial charge on any atom is 0.303 e. The van der Waals surface area contributed by atoms with Crippen LogP contribution in [0.25, 0.3) is 0 Å². The van der Waals surface area contributed by atoms with Crippen LogP contribution in [0.5, 0.6) is 0 Å². The van der Waals surface area contributed by atoms with E-state index in [4.69, 9.17) is 5.11 Å². The van der Waals surface area contributed by atoms with Gasteiger partial charge in [-0.3, -0.25) is 4.79 Å². The summed E-state index contributed by atoms with van der Waals surface area (Å²) in [5, 5.41) is 8.51. The summed E-state index contributed by atoms with van der Waals surface area (Å²) in [6.45, 7) is 2.24. The Labute approximate surface area is 137 Å². The highest BCUT2D eigenvalue weighted by Crippen LogP contribution is 2.05. The summed E-state index contributed by atoms with van der Waals surface area (Å²) in [5.74, 6) is -0.686. The van der Waals surface area contributed by atoms with E-state index >= 15 is 0 Å². The molecule has 126 valence electrons. The second-order valence-electron chi connectivity index (χ2n) is 5.75. The number of allylic oxidation sites excluding steroid dienone is 6. The number of hydrogen-bond donors (Lipinski definition) is 1. The predicted octanol–water partition coefficient (Wildman–Crippen LogP) is 6.44. The first kappa shape index (κ1) is 20.7. The summed E-state index contributed by atoms with van der Waals surface area (Å²) in [6.07, 6.45) is 26.3. The minimum absolute atomic E-state index is 0.302. The zero-order valence-electron chi connectivity index (χ0n) is 14.3. The van der Waals surface area contributed by atoms with Crippen molar-refractivity contribution in [2.45, 2.75) is 84.0 Å². The fraction of sp³-hybridized carbons (Fsp3) is 0.650. The van der Waals surface area contributed by atoms with E-state index in [2.05, 4.69) is 43.4 Å². The van der Waals surface area contributed by atoms with Crippen LogP contribution in [0.3, 0.4) is 0 Å². The van der Waals surface area contributed by atoms with Gasteiger partial charge in [0.25, 0.3) is 0 Å². The lowest BCUT2D eigenvalue weighted by atomic mass is 10.1. The number of carboxylic acid groups (broad SMARTS) is 1. The first-order valence-corrected chi connectivity index (χ1v) is 8.95. The third kappa shape index (κ3) is 18.7. The average Bonchev–Trinajstić information content (AvgIpc) is 2.50. The molecule has 0 saturated heterocycles. The van der Waals surface area contributed by atoms with Crippen molar-refractivity contribution in [2.75, 3.05) is 0 Å². The molecule has 0 fully saturated rings. The molecule has 2 heteroatoms. The Morgan fingerprint density at radius 3 is 1.91 bits per heavy atom. The molecule has 2 nitrogen and oxygen atoms in total. The zero-order valence-corrected chi connectivity index (χ0v) is 14.3. The first-order chi connectivity index (χ1) is 10.8. The molecular weight excluding hydrogens is 272 g/mol. The second-order valence-corrected chi connectivity index (χ2v) is 5.75. The minimum Gasteiger partial charge on any atom is -0.481 e. The van der Waals surface area contributed by atoms with Crippen LogP contribution < -0.4 is 0 Å². The number of carbonyl (C=O) groups is 1. The molecule has 0 bridgehead atoms. The zero-order chi connectivity index (χ0) is 16.3. The maximum atomic E-state index is 10.3. The third-order valence-corrected chi connectivity index (χ3v) is 3.53. The van der Waals surface area contributed by atoms with Crippen molar-refractivity contribution in [3.63, 3.8) is 0 Å². The highest BCUT2D eigenvalue weighted by atomic mass is 16.4. The van der Waals surface area contributed by atoms with Gasteiger partial charge in [-0.25, -0.2) is 0 Å². The Hall–Kier alpha value is -1.31.